The van der Waals surface area contributed by atoms with Crippen LogP contribution in [0.15, 0.2) is 54.6 Å². The molecule has 5 nitrogen and oxygen atoms in total. The highest BCUT2D eigenvalue weighted by molar-refractivity contribution is 5.66. The van der Waals surface area contributed by atoms with Crippen LogP contribution in [0.4, 0.5) is 5.82 Å². The Hall–Kier alpha value is -3.10. The molecule has 0 radical (unpaired) electrons. The number of piperidine rings is 1. The molecular formula is C23H23N5. The van der Waals surface area contributed by atoms with Crippen molar-refractivity contribution in [2.45, 2.75) is 6.92 Å². The van der Waals surface area contributed by atoms with Gasteiger partial charge in [-0.15, -0.1) is 5.10 Å². The van der Waals surface area contributed by atoms with E-state index in [9.17, 15) is 0 Å². The zero-order valence-electron chi connectivity index (χ0n) is 15.9. The molecule has 1 aliphatic carbocycles. The van der Waals surface area contributed by atoms with E-state index < -0.39 is 0 Å². The summed E-state index contributed by atoms with van der Waals surface area (Å²) >= 11 is 0. The molecule has 0 spiro atoms. The van der Waals surface area contributed by atoms with Gasteiger partial charge >= 0.3 is 0 Å². The van der Waals surface area contributed by atoms with Gasteiger partial charge in [-0.3, -0.25) is 0 Å². The lowest BCUT2D eigenvalue weighted by atomic mass is 10.1. The van der Waals surface area contributed by atoms with Gasteiger partial charge in [0, 0.05) is 18.2 Å². The van der Waals surface area contributed by atoms with Gasteiger partial charge in [0.25, 0.3) is 0 Å². The number of aryl methyl sites for hydroxylation is 1. The van der Waals surface area contributed by atoms with Crippen LogP contribution in [-0.4, -0.2) is 29.4 Å². The molecule has 2 aliphatic rings. The maximum Gasteiger partial charge on any atom is 0.149 e. The minimum atomic E-state index is 0.653. The third-order valence-corrected chi connectivity index (χ3v) is 6.09. The van der Waals surface area contributed by atoms with Gasteiger partial charge in [0.15, 0.2) is 0 Å². The summed E-state index contributed by atoms with van der Waals surface area (Å²) in [5.74, 6) is 3.34. The molecule has 3 atom stereocenters. The molecule has 2 heterocycles. The van der Waals surface area contributed by atoms with Crippen LogP contribution in [0.1, 0.15) is 11.1 Å². The minimum Gasteiger partial charge on any atom is -0.368 e. The highest BCUT2D eigenvalue weighted by atomic mass is 15.3. The SMILES string of the molecule is Cc1ccc(-c2cc(NCC3C4CNC[C@@H]43)nn2-c2ccc(C#N)cc2)cc1. The second-order valence-corrected chi connectivity index (χ2v) is 7.88. The first-order valence-corrected chi connectivity index (χ1v) is 9.85. The van der Waals surface area contributed by atoms with Gasteiger partial charge in [0.2, 0.25) is 0 Å². The molecule has 2 fully saturated rings. The highest BCUT2D eigenvalue weighted by Crippen LogP contribution is 2.48. The van der Waals surface area contributed by atoms with Gasteiger partial charge in [-0.2, -0.15) is 5.26 Å². The monoisotopic (exact) mass is 369 g/mol. The third kappa shape index (κ3) is 3.06. The predicted molar refractivity (Wildman–Crippen MR) is 110 cm³/mol. The minimum absolute atomic E-state index is 0.653. The number of hydrogen-bond acceptors (Lipinski definition) is 4. The van der Waals surface area contributed by atoms with Crippen molar-refractivity contribution in [3.05, 3.63) is 65.7 Å². The number of fused-ring (bicyclic) bond motifs is 1. The maximum absolute atomic E-state index is 9.07. The number of rotatable bonds is 5. The van der Waals surface area contributed by atoms with E-state index in [1.165, 1.54) is 5.56 Å². The topological polar surface area (TPSA) is 65.7 Å². The van der Waals surface area contributed by atoms with Gasteiger partial charge in [0.05, 0.1) is 23.0 Å². The molecule has 2 unspecified atom stereocenters. The lowest BCUT2D eigenvalue weighted by Crippen LogP contribution is -2.18. The van der Waals surface area contributed by atoms with E-state index >= 15 is 0 Å². The average molecular weight is 369 g/mol. The number of aromatic nitrogens is 2. The Balaban J connectivity index is 1.45. The van der Waals surface area contributed by atoms with E-state index in [0.717, 1.165) is 60.2 Å². The van der Waals surface area contributed by atoms with Crippen molar-refractivity contribution in [1.29, 1.82) is 5.26 Å². The average Bonchev–Trinajstić information content (AvgIpc) is 3.07. The molecule has 1 saturated heterocycles. The van der Waals surface area contributed by atoms with Crippen LogP contribution in [0.25, 0.3) is 16.9 Å². The summed E-state index contributed by atoms with van der Waals surface area (Å²) < 4.78 is 1.96. The molecule has 140 valence electrons. The number of nitriles is 1. The molecule has 0 bridgehead atoms. The Labute approximate surface area is 165 Å². The third-order valence-electron chi connectivity index (χ3n) is 6.09. The van der Waals surface area contributed by atoms with Crippen LogP contribution in [0.3, 0.4) is 0 Å². The van der Waals surface area contributed by atoms with Gasteiger partial charge in [-0.05, 0) is 62.0 Å². The maximum atomic E-state index is 9.07. The summed E-state index contributed by atoms with van der Waals surface area (Å²) in [4.78, 5) is 0. The van der Waals surface area contributed by atoms with Crippen LogP contribution in [0.5, 0.6) is 0 Å². The molecule has 5 rings (SSSR count). The quantitative estimate of drug-likeness (QED) is 0.721. The number of nitrogens with one attached hydrogen (secondary N) is 2. The normalized spacial score (nSPS) is 22.5. The van der Waals surface area contributed by atoms with Crippen molar-refractivity contribution < 1.29 is 0 Å². The summed E-state index contributed by atoms with van der Waals surface area (Å²) in [7, 11) is 0. The Morgan fingerprint density at radius 2 is 1.82 bits per heavy atom. The lowest BCUT2D eigenvalue weighted by Gasteiger charge is -2.08. The second-order valence-electron chi connectivity index (χ2n) is 7.88. The second kappa shape index (κ2) is 6.81. The highest BCUT2D eigenvalue weighted by Gasteiger charge is 2.52. The fourth-order valence-electron chi connectivity index (χ4n) is 4.34. The molecule has 3 aromatic rings. The first kappa shape index (κ1) is 17.0. The molecule has 0 amide bonds. The van der Waals surface area contributed by atoms with Crippen molar-refractivity contribution in [2.75, 3.05) is 25.0 Å². The van der Waals surface area contributed by atoms with E-state index in [-0.39, 0.29) is 0 Å². The molecule has 1 saturated carbocycles. The Kier molecular flexibility index (Phi) is 4.14. The van der Waals surface area contributed by atoms with Crippen LogP contribution >= 0.6 is 0 Å². The van der Waals surface area contributed by atoms with Crippen molar-refractivity contribution >= 4 is 5.82 Å². The largest absolute Gasteiger partial charge is 0.368 e. The first-order chi connectivity index (χ1) is 13.7. The summed E-state index contributed by atoms with van der Waals surface area (Å²) in [6.07, 6.45) is 0. The smallest absolute Gasteiger partial charge is 0.149 e. The molecule has 28 heavy (non-hydrogen) atoms. The van der Waals surface area contributed by atoms with Crippen LogP contribution < -0.4 is 10.6 Å². The Morgan fingerprint density at radius 3 is 2.50 bits per heavy atom. The molecular weight excluding hydrogens is 346 g/mol. The number of nitrogens with zero attached hydrogens (tertiary/aromatic N) is 3. The van der Waals surface area contributed by atoms with E-state index in [1.54, 1.807) is 0 Å². The van der Waals surface area contributed by atoms with Gasteiger partial charge in [-0.1, -0.05) is 29.8 Å². The summed E-state index contributed by atoms with van der Waals surface area (Å²) in [5, 5.41) is 20.9. The molecule has 1 aromatic heterocycles. The molecule has 2 aromatic carbocycles. The molecule has 2 N–H and O–H groups in total. The number of hydrogen-bond donors (Lipinski definition) is 2. The van der Waals surface area contributed by atoms with E-state index in [0.29, 0.717) is 5.56 Å². The fourth-order valence-corrected chi connectivity index (χ4v) is 4.34. The van der Waals surface area contributed by atoms with Gasteiger partial charge < -0.3 is 10.6 Å². The Bertz CT molecular complexity index is 1020. The van der Waals surface area contributed by atoms with Crippen LogP contribution in [0, 0.1) is 36.0 Å². The van der Waals surface area contributed by atoms with E-state index in [4.69, 9.17) is 10.4 Å². The first-order valence-electron chi connectivity index (χ1n) is 9.85. The molecule has 1 aliphatic heterocycles. The van der Waals surface area contributed by atoms with E-state index in [2.05, 4.69) is 54.0 Å². The standard InChI is InChI=1S/C23H23N5/c1-15-2-6-17(7-3-15)22-10-23(26-14-21-19-12-25-13-20(19)21)27-28(22)18-8-4-16(11-24)5-9-18/h2-10,19-21,25H,12-14H2,1H3,(H,26,27)/t19-,20?,21?/m0/s1. The van der Waals surface area contributed by atoms with Crippen molar-refractivity contribution in [2.24, 2.45) is 17.8 Å². The fraction of sp³-hybridized carbons (Fsp3) is 0.304. The summed E-state index contributed by atoms with van der Waals surface area (Å²) in [5.41, 5.74) is 5.02. The van der Waals surface area contributed by atoms with Crippen molar-refractivity contribution in [3.8, 4) is 23.0 Å². The van der Waals surface area contributed by atoms with Gasteiger partial charge in [-0.25, -0.2) is 4.68 Å². The Morgan fingerprint density at radius 1 is 1.11 bits per heavy atom. The zero-order chi connectivity index (χ0) is 19.1. The lowest BCUT2D eigenvalue weighted by molar-refractivity contribution is 0.614. The van der Waals surface area contributed by atoms with E-state index in [1.807, 2.05) is 28.9 Å². The van der Waals surface area contributed by atoms with Crippen LogP contribution in [-0.2, 0) is 0 Å². The van der Waals surface area contributed by atoms with Crippen molar-refractivity contribution in [1.82, 2.24) is 15.1 Å². The number of anilines is 1. The molecule has 5 heteroatoms. The van der Waals surface area contributed by atoms with Crippen LogP contribution in [0.2, 0.25) is 0 Å². The van der Waals surface area contributed by atoms with Gasteiger partial charge in [0.1, 0.15) is 5.82 Å². The summed E-state index contributed by atoms with van der Waals surface area (Å²) in [6, 6.07) is 20.4. The zero-order valence-corrected chi connectivity index (χ0v) is 15.9. The van der Waals surface area contributed by atoms with Crippen molar-refractivity contribution in [3.63, 3.8) is 0 Å². The number of benzene rings is 2. The predicted octanol–water partition coefficient (Wildman–Crippen LogP) is 3.60. The summed E-state index contributed by atoms with van der Waals surface area (Å²) in [6.45, 7) is 5.39.